The molecule has 1 atom stereocenters. The highest BCUT2D eigenvalue weighted by Gasteiger charge is 2.38. The molecule has 0 fully saturated rings. The van der Waals surface area contributed by atoms with Gasteiger partial charge in [-0.25, -0.2) is 0 Å². The zero-order chi connectivity index (χ0) is 21.3. The number of hydrogen-bond donors (Lipinski definition) is 1. The predicted molar refractivity (Wildman–Crippen MR) is 129 cm³/mol. The lowest BCUT2D eigenvalue weighted by molar-refractivity contribution is 0.154. The molecule has 3 heteroatoms. The summed E-state index contributed by atoms with van der Waals surface area (Å²) < 4.78 is 6.82. The summed E-state index contributed by atoms with van der Waals surface area (Å²) in [5.74, 6) is 0. The standard InChI is InChI=1S/C25H54O2Si/c1-7-8-9-10-12-15-18-21-24(27-28(5,6)25(2,3)4)22-19-16-13-11-14-17-20-23-26/h24,26H,7-23H2,1-6H3. The zero-order valence-corrected chi connectivity index (χ0v) is 21.5. The quantitative estimate of drug-likeness (QED) is 0.169. The minimum absolute atomic E-state index is 0.304. The number of unbranched alkanes of at least 4 members (excludes halogenated alkanes) is 12. The van der Waals surface area contributed by atoms with Crippen molar-refractivity contribution < 1.29 is 9.53 Å². The molecule has 0 aromatic carbocycles. The number of aliphatic hydroxyl groups is 1. The van der Waals surface area contributed by atoms with Crippen LogP contribution in [0.5, 0.6) is 0 Å². The largest absolute Gasteiger partial charge is 0.414 e. The van der Waals surface area contributed by atoms with Crippen molar-refractivity contribution in [1.82, 2.24) is 0 Å². The third-order valence-corrected chi connectivity index (χ3v) is 11.1. The molecular weight excluding hydrogens is 360 g/mol. The van der Waals surface area contributed by atoms with Crippen LogP contribution in [0.2, 0.25) is 18.1 Å². The lowest BCUT2D eigenvalue weighted by Crippen LogP contribution is -2.44. The molecular formula is C25H54O2Si. The van der Waals surface area contributed by atoms with E-state index in [1.807, 2.05) is 0 Å². The summed E-state index contributed by atoms with van der Waals surface area (Å²) in [5.41, 5.74) is 0. The van der Waals surface area contributed by atoms with E-state index in [2.05, 4.69) is 40.8 Å². The van der Waals surface area contributed by atoms with Crippen molar-refractivity contribution in [3.8, 4) is 0 Å². The first-order valence-corrected chi connectivity index (χ1v) is 15.4. The first kappa shape index (κ1) is 28.1. The second-order valence-corrected chi connectivity index (χ2v) is 15.2. The van der Waals surface area contributed by atoms with E-state index in [4.69, 9.17) is 9.53 Å². The predicted octanol–water partition coefficient (Wildman–Crippen LogP) is 8.63. The minimum Gasteiger partial charge on any atom is -0.414 e. The number of rotatable bonds is 19. The molecule has 1 unspecified atom stereocenters. The molecule has 170 valence electrons. The normalized spacial score (nSPS) is 13.8. The number of hydrogen-bond acceptors (Lipinski definition) is 2. The Labute approximate surface area is 179 Å². The van der Waals surface area contributed by atoms with Crippen molar-refractivity contribution >= 4 is 8.32 Å². The van der Waals surface area contributed by atoms with Gasteiger partial charge in [0.1, 0.15) is 0 Å². The Kier molecular flexibility index (Phi) is 17.0. The van der Waals surface area contributed by atoms with Gasteiger partial charge in [0.15, 0.2) is 8.32 Å². The van der Waals surface area contributed by atoms with Crippen LogP contribution in [0.1, 0.15) is 130 Å². The smallest absolute Gasteiger partial charge is 0.192 e. The Balaban J connectivity index is 4.19. The third kappa shape index (κ3) is 15.0. The second kappa shape index (κ2) is 16.9. The van der Waals surface area contributed by atoms with Crippen LogP contribution in [0.25, 0.3) is 0 Å². The van der Waals surface area contributed by atoms with Crippen molar-refractivity contribution in [2.24, 2.45) is 0 Å². The summed E-state index contributed by atoms with van der Waals surface area (Å²) in [6.07, 6.45) is 21.4. The molecule has 2 nitrogen and oxygen atoms in total. The first-order chi connectivity index (χ1) is 13.2. The van der Waals surface area contributed by atoms with Gasteiger partial charge < -0.3 is 9.53 Å². The van der Waals surface area contributed by atoms with Crippen molar-refractivity contribution in [2.75, 3.05) is 6.61 Å². The fourth-order valence-electron chi connectivity index (χ4n) is 3.55. The minimum atomic E-state index is -1.67. The Morgan fingerprint density at radius 3 is 1.46 bits per heavy atom. The maximum Gasteiger partial charge on any atom is 0.192 e. The molecule has 28 heavy (non-hydrogen) atoms. The van der Waals surface area contributed by atoms with Crippen molar-refractivity contribution in [3.05, 3.63) is 0 Å². The van der Waals surface area contributed by atoms with E-state index < -0.39 is 8.32 Å². The van der Waals surface area contributed by atoms with Gasteiger partial charge in [-0.1, -0.05) is 111 Å². The highest BCUT2D eigenvalue weighted by molar-refractivity contribution is 6.74. The molecule has 0 aromatic rings. The Morgan fingerprint density at radius 1 is 0.679 bits per heavy atom. The monoisotopic (exact) mass is 414 g/mol. The van der Waals surface area contributed by atoms with Crippen LogP contribution in [0.3, 0.4) is 0 Å². The van der Waals surface area contributed by atoms with E-state index in [0.717, 1.165) is 6.42 Å². The SMILES string of the molecule is CCCCCCCCCC(CCCCCCCCCO)O[Si](C)(C)C(C)(C)C. The Hall–Kier alpha value is 0.137. The van der Waals surface area contributed by atoms with Crippen LogP contribution in [0.4, 0.5) is 0 Å². The van der Waals surface area contributed by atoms with Crippen LogP contribution >= 0.6 is 0 Å². The second-order valence-electron chi connectivity index (χ2n) is 10.4. The lowest BCUT2D eigenvalue weighted by atomic mass is 10.0. The van der Waals surface area contributed by atoms with E-state index in [1.165, 1.54) is 96.3 Å². The third-order valence-electron chi connectivity index (χ3n) is 6.58. The molecule has 0 bridgehead atoms. The van der Waals surface area contributed by atoms with Gasteiger partial charge in [-0.05, 0) is 37.4 Å². The van der Waals surface area contributed by atoms with Crippen molar-refractivity contribution in [1.29, 1.82) is 0 Å². The first-order valence-electron chi connectivity index (χ1n) is 12.5. The molecule has 0 aliphatic carbocycles. The maximum absolute atomic E-state index is 8.85. The van der Waals surface area contributed by atoms with Gasteiger partial charge in [0.25, 0.3) is 0 Å². The fourth-order valence-corrected chi connectivity index (χ4v) is 4.98. The van der Waals surface area contributed by atoms with E-state index in [9.17, 15) is 0 Å². The van der Waals surface area contributed by atoms with E-state index in [-0.39, 0.29) is 0 Å². The van der Waals surface area contributed by atoms with Crippen LogP contribution in [-0.4, -0.2) is 26.1 Å². The van der Waals surface area contributed by atoms with Gasteiger partial charge in [-0.3, -0.25) is 0 Å². The molecule has 1 N–H and O–H groups in total. The van der Waals surface area contributed by atoms with Crippen LogP contribution in [-0.2, 0) is 4.43 Å². The highest BCUT2D eigenvalue weighted by Crippen LogP contribution is 2.38. The zero-order valence-electron chi connectivity index (χ0n) is 20.5. The average molecular weight is 415 g/mol. The van der Waals surface area contributed by atoms with Gasteiger partial charge in [0, 0.05) is 12.7 Å². The molecule has 0 radical (unpaired) electrons. The molecule has 0 rings (SSSR count). The molecule has 0 amide bonds. The molecule has 0 heterocycles. The van der Waals surface area contributed by atoms with Gasteiger partial charge in [-0.2, -0.15) is 0 Å². The highest BCUT2D eigenvalue weighted by atomic mass is 28.4. The van der Waals surface area contributed by atoms with Crippen molar-refractivity contribution in [3.63, 3.8) is 0 Å². The Bertz CT molecular complexity index is 336. The Morgan fingerprint density at radius 2 is 1.07 bits per heavy atom. The maximum atomic E-state index is 8.85. The average Bonchev–Trinajstić information content (AvgIpc) is 2.61. The molecule has 0 aliphatic heterocycles. The fraction of sp³-hybridized carbons (Fsp3) is 1.00. The van der Waals surface area contributed by atoms with E-state index >= 15 is 0 Å². The number of aliphatic hydroxyl groups excluding tert-OH is 1. The summed E-state index contributed by atoms with van der Waals surface area (Å²) in [4.78, 5) is 0. The van der Waals surface area contributed by atoms with Gasteiger partial charge >= 0.3 is 0 Å². The molecule has 0 spiro atoms. The van der Waals surface area contributed by atoms with E-state index in [0.29, 0.717) is 17.7 Å². The summed E-state index contributed by atoms with van der Waals surface area (Å²) in [5, 5.41) is 9.15. The summed E-state index contributed by atoms with van der Waals surface area (Å²) >= 11 is 0. The summed E-state index contributed by atoms with van der Waals surface area (Å²) in [6.45, 7) is 14.5. The molecule has 0 aliphatic rings. The molecule has 0 saturated carbocycles. The summed E-state index contributed by atoms with van der Waals surface area (Å²) in [7, 11) is -1.67. The van der Waals surface area contributed by atoms with Gasteiger partial charge in [-0.15, -0.1) is 0 Å². The van der Waals surface area contributed by atoms with Crippen LogP contribution < -0.4 is 0 Å². The van der Waals surface area contributed by atoms with Gasteiger partial charge in [0.05, 0.1) is 0 Å². The van der Waals surface area contributed by atoms with Crippen LogP contribution in [0.15, 0.2) is 0 Å². The molecule has 0 saturated heterocycles. The van der Waals surface area contributed by atoms with Gasteiger partial charge in [0.2, 0.25) is 0 Å². The van der Waals surface area contributed by atoms with Crippen molar-refractivity contribution in [2.45, 2.75) is 155 Å². The van der Waals surface area contributed by atoms with E-state index in [1.54, 1.807) is 0 Å². The van der Waals surface area contributed by atoms with Crippen LogP contribution in [0, 0.1) is 0 Å². The summed E-state index contributed by atoms with van der Waals surface area (Å²) in [6, 6.07) is 0. The topological polar surface area (TPSA) is 29.5 Å². The molecule has 0 aromatic heterocycles. The lowest BCUT2D eigenvalue weighted by Gasteiger charge is -2.39.